The summed E-state index contributed by atoms with van der Waals surface area (Å²) in [5.41, 5.74) is 0.761. The van der Waals surface area contributed by atoms with Crippen molar-refractivity contribution in [3.8, 4) is 0 Å². The number of hydrogen-bond acceptors (Lipinski definition) is 4. The summed E-state index contributed by atoms with van der Waals surface area (Å²) in [6.07, 6.45) is 3.82. The van der Waals surface area contributed by atoms with Crippen molar-refractivity contribution in [1.29, 1.82) is 0 Å². The van der Waals surface area contributed by atoms with Crippen LogP contribution in [0.2, 0.25) is 0 Å². The maximum absolute atomic E-state index is 13.5. The summed E-state index contributed by atoms with van der Waals surface area (Å²) in [7, 11) is 0. The van der Waals surface area contributed by atoms with E-state index < -0.39 is 11.9 Å². The topological polar surface area (TPSA) is 112 Å². The number of unbranched alkanes of at least 4 members (excludes halogenated alkanes) is 3. The van der Waals surface area contributed by atoms with E-state index in [1.807, 2.05) is 12.1 Å². The number of amides is 2. The van der Waals surface area contributed by atoms with Gasteiger partial charge in [-0.05, 0) is 63.0 Å². The van der Waals surface area contributed by atoms with Crippen molar-refractivity contribution in [2.75, 3.05) is 6.54 Å². The third kappa shape index (κ3) is 3.13. The lowest BCUT2D eigenvalue weighted by molar-refractivity contribution is 0.0604. The largest absolute Gasteiger partial charge is 0.478 e. The number of carbonyl (C=O) groups is 4. The highest BCUT2D eigenvalue weighted by Crippen LogP contribution is 2.45. The Morgan fingerprint density at radius 2 is 1.08 bits per heavy atom. The highest BCUT2D eigenvalue weighted by Gasteiger charge is 2.34. The number of carboxylic acid groups (broad SMARTS) is 2. The van der Waals surface area contributed by atoms with Crippen LogP contribution in [-0.2, 0) is 0 Å². The van der Waals surface area contributed by atoms with Gasteiger partial charge in [0.05, 0.1) is 11.1 Å². The Bertz CT molecular complexity index is 1700. The molecular weight excluding hydrogens is 470 g/mol. The van der Waals surface area contributed by atoms with Crippen LogP contribution in [0.1, 0.15) is 74.0 Å². The first-order valence-electron chi connectivity index (χ1n) is 12.4. The van der Waals surface area contributed by atoms with Crippen LogP contribution in [0, 0.1) is 0 Å². The fraction of sp³-hybridized carbons (Fsp3) is 0.200. The van der Waals surface area contributed by atoms with Crippen molar-refractivity contribution in [3.63, 3.8) is 0 Å². The molecule has 0 unspecified atom stereocenters. The fourth-order valence-corrected chi connectivity index (χ4v) is 5.88. The second kappa shape index (κ2) is 8.27. The van der Waals surface area contributed by atoms with Gasteiger partial charge in [0.1, 0.15) is 0 Å². The molecule has 0 aliphatic carbocycles. The minimum absolute atomic E-state index is 0.0869. The fourth-order valence-electron chi connectivity index (χ4n) is 5.88. The Morgan fingerprint density at radius 1 is 0.622 bits per heavy atom. The molecule has 0 saturated carbocycles. The molecule has 2 amide bonds. The number of nitrogens with zero attached hydrogens (tertiary/aromatic N) is 1. The highest BCUT2D eigenvalue weighted by atomic mass is 16.4. The monoisotopic (exact) mass is 493 g/mol. The number of carboxylic acids is 2. The van der Waals surface area contributed by atoms with Crippen LogP contribution in [0.4, 0.5) is 0 Å². The van der Waals surface area contributed by atoms with E-state index in [2.05, 4.69) is 6.92 Å². The van der Waals surface area contributed by atoms with E-state index in [-0.39, 0.29) is 28.3 Å². The molecule has 1 aliphatic heterocycles. The van der Waals surface area contributed by atoms with Gasteiger partial charge in [0.2, 0.25) is 0 Å². The van der Waals surface area contributed by atoms with Crippen LogP contribution in [0.3, 0.4) is 0 Å². The number of fused-ring (bicyclic) bond motifs is 2. The quantitative estimate of drug-likeness (QED) is 0.119. The summed E-state index contributed by atoms with van der Waals surface area (Å²) < 4.78 is 0. The zero-order valence-corrected chi connectivity index (χ0v) is 20.1. The second-order valence-corrected chi connectivity index (χ2v) is 9.58. The van der Waals surface area contributed by atoms with Crippen LogP contribution in [-0.4, -0.2) is 45.4 Å². The van der Waals surface area contributed by atoms with E-state index >= 15 is 0 Å². The molecule has 7 nitrogen and oxygen atoms in total. The molecule has 0 bridgehead atoms. The molecule has 7 heteroatoms. The molecule has 6 rings (SSSR count). The van der Waals surface area contributed by atoms with Gasteiger partial charge in [-0.25, -0.2) is 9.59 Å². The molecule has 0 radical (unpaired) electrons. The van der Waals surface area contributed by atoms with Gasteiger partial charge in [-0.15, -0.1) is 0 Å². The number of imide groups is 1. The average Bonchev–Trinajstić information content (AvgIpc) is 2.89. The standard InChI is InChI=1S/C30H23NO6/c1-2-3-4-5-14-31-27(32)19-10-6-15-17-8-12-21(29(34)35)26-22(30(36)37)13-9-18(24(17)26)16-7-11-20(28(31)33)25(19)23(15)16/h6-13H,2-5,14H2,1H3,(H,34,35)(H,36,37). The van der Waals surface area contributed by atoms with Crippen molar-refractivity contribution < 1.29 is 29.4 Å². The molecular formula is C30H23NO6. The van der Waals surface area contributed by atoms with Gasteiger partial charge in [-0.1, -0.05) is 50.5 Å². The van der Waals surface area contributed by atoms with Gasteiger partial charge in [-0.3, -0.25) is 14.5 Å². The zero-order valence-electron chi connectivity index (χ0n) is 20.1. The molecule has 0 fully saturated rings. The van der Waals surface area contributed by atoms with E-state index in [9.17, 15) is 29.4 Å². The number of aromatic carboxylic acids is 2. The van der Waals surface area contributed by atoms with Gasteiger partial charge in [0.25, 0.3) is 11.8 Å². The summed E-state index contributed by atoms with van der Waals surface area (Å²) in [5, 5.41) is 24.5. The minimum Gasteiger partial charge on any atom is -0.478 e. The second-order valence-electron chi connectivity index (χ2n) is 9.58. The lowest BCUT2D eigenvalue weighted by Crippen LogP contribution is -2.40. The summed E-state index contributed by atoms with van der Waals surface area (Å²) in [6.45, 7) is 2.48. The van der Waals surface area contributed by atoms with Crippen molar-refractivity contribution >= 4 is 66.8 Å². The third-order valence-electron chi connectivity index (χ3n) is 7.55. The minimum atomic E-state index is -1.21. The Labute approximate surface area is 211 Å². The molecule has 184 valence electrons. The first-order valence-corrected chi connectivity index (χ1v) is 12.4. The van der Waals surface area contributed by atoms with E-state index in [0.29, 0.717) is 39.2 Å². The third-order valence-corrected chi connectivity index (χ3v) is 7.55. The average molecular weight is 494 g/mol. The Balaban J connectivity index is 1.68. The first kappa shape index (κ1) is 22.9. The van der Waals surface area contributed by atoms with Gasteiger partial charge >= 0.3 is 11.9 Å². The summed E-state index contributed by atoms with van der Waals surface area (Å²) in [4.78, 5) is 52.3. The van der Waals surface area contributed by atoms with E-state index in [1.165, 1.54) is 17.0 Å². The molecule has 5 aromatic rings. The van der Waals surface area contributed by atoms with Crippen LogP contribution in [0.25, 0.3) is 43.1 Å². The van der Waals surface area contributed by atoms with E-state index in [0.717, 1.165) is 41.8 Å². The predicted octanol–water partition coefficient (Wildman–Crippen LogP) is 6.31. The maximum Gasteiger partial charge on any atom is 0.336 e. The van der Waals surface area contributed by atoms with Crippen molar-refractivity contribution in [2.24, 2.45) is 0 Å². The van der Waals surface area contributed by atoms with E-state index in [4.69, 9.17) is 0 Å². The summed E-state index contributed by atoms with van der Waals surface area (Å²) in [6, 6.07) is 13.3. The van der Waals surface area contributed by atoms with Crippen molar-refractivity contribution in [2.45, 2.75) is 32.6 Å². The number of hydrogen-bond donors (Lipinski definition) is 2. The van der Waals surface area contributed by atoms with Crippen molar-refractivity contribution in [1.82, 2.24) is 4.90 Å². The molecule has 0 spiro atoms. The predicted molar refractivity (Wildman–Crippen MR) is 141 cm³/mol. The molecule has 1 heterocycles. The Kier molecular flexibility index (Phi) is 5.12. The van der Waals surface area contributed by atoms with Gasteiger partial charge in [0, 0.05) is 28.4 Å². The maximum atomic E-state index is 13.5. The van der Waals surface area contributed by atoms with Crippen LogP contribution < -0.4 is 0 Å². The number of rotatable bonds is 7. The molecule has 0 atom stereocenters. The molecule has 0 saturated heterocycles. The van der Waals surface area contributed by atoms with Crippen LogP contribution in [0.15, 0.2) is 48.5 Å². The zero-order chi connectivity index (χ0) is 26.0. The van der Waals surface area contributed by atoms with E-state index in [1.54, 1.807) is 24.3 Å². The summed E-state index contributed by atoms with van der Waals surface area (Å²) in [5.74, 6) is -3.04. The van der Waals surface area contributed by atoms with Gasteiger partial charge < -0.3 is 10.2 Å². The smallest absolute Gasteiger partial charge is 0.336 e. The number of benzene rings is 5. The highest BCUT2D eigenvalue weighted by molar-refractivity contribution is 6.39. The van der Waals surface area contributed by atoms with Crippen LogP contribution >= 0.6 is 0 Å². The lowest BCUT2D eigenvalue weighted by atomic mass is 9.83. The first-order chi connectivity index (χ1) is 17.8. The molecule has 0 aromatic heterocycles. The Hall–Kier alpha value is -4.52. The summed E-state index contributed by atoms with van der Waals surface area (Å²) >= 11 is 0. The van der Waals surface area contributed by atoms with Crippen molar-refractivity contribution in [3.05, 3.63) is 70.8 Å². The number of carbonyl (C=O) groups excluding carboxylic acids is 2. The van der Waals surface area contributed by atoms with Gasteiger partial charge in [0.15, 0.2) is 0 Å². The Morgan fingerprint density at radius 3 is 1.54 bits per heavy atom. The SMILES string of the molecule is CCCCCCN1C(=O)c2ccc3c4ccc(C(=O)O)c5c(C(=O)O)ccc(c6ccc(c2c36)C1=O)c54. The molecule has 37 heavy (non-hydrogen) atoms. The normalized spacial score (nSPS) is 13.5. The van der Waals surface area contributed by atoms with Crippen LogP contribution in [0.5, 0.6) is 0 Å². The molecule has 5 aromatic carbocycles. The molecule has 2 N–H and O–H groups in total. The lowest BCUT2D eigenvalue weighted by Gasteiger charge is -2.28. The van der Waals surface area contributed by atoms with Gasteiger partial charge in [-0.2, -0.15) is 0 Å². The molecule has 1 aliphatic rings.